The molecule has 9 aromatic rings. The lowest BCUT2D eigenvalue weighted by molar-refractivity contribution is 0.794. The summed E-state index contributed by atoms with van der Waals surface area (Å²) < 4.78 is 0. The van der Waals surface area contributed by atoms with Gasteiger partial charge in [-0.15, -0.1) is 0 Å². The molecule has 0 fully saturated rings. The first kappa shape index (κ1) is 29.3. The maximum atomic E-state index is 5.22. The van der Waals surface area contributed by atoms with Crippen LogP contribution in [-0.4, -0.2) is 15.0 Å². The summed E-state index contributed by atoms with van der Waals surface area (Å²) in [6.45, 7) is 0. The van der Waals surface area contributed by atoms with Crippen molar-refractivity contribution in [1.82, 2.24) is 15.0 Å². The summed E-state index contributed by atoms with van der Waals surface area (Å²) in [6.07, 6.45) is 3.70. The van der Waals surface area contributed by atoms with E-state index in [9.17, 15) is 0 Å². The molecule has 0 aliphatic heterocycles. The molecule has 2 aliphatic carbocycles. The summed E-state index contributed by atoms with van der Waals surface area (Å²) in [7, 11) is 0. The Kier molecular flexibility index (Phi) is 6.34. The second-order valence-corrected chi connectivity index (χ2v) is 14.6. The van der Waals surface area contributed by atoms with Crippen LogP contribution >= 0.6 is 11.3 Å². The highest BCUT2D eigenvalue weighted by molar-refractivity contribution is 7.21. The van der Waals surface area contributed by atoms with Crippen LogP contribution in [0.5, 0.6) is 0 Å². The smallest absolute Gasteiger partial charge is 0.144 e. The standard InChI is InChI=1S/C48H29N3S/c1-4-12-40-36(9-1)37-10-2-5-13-41(37)48(40)42-14-6-3-11-38(42)39-24-23-34(28-43(39)48)44-25-26-45-47(50-44)52-46(51-45)33-21-19-31(20-22-33)30-15-17-32(18-16-30)35-8-7-27-49-29-35/h1-29H. The molecule has 3 heterocycles. The van der Waals surface area contributed by atoms with E-state index in [2.05, 4.69) is 163 Å². The molecule has 3 aromatic heterocycles. The first-order chi connectivity index (χ1) is 25.8. The number of hydrogen-bond donors (Lipinski definition) is 0. The average molecular weight is 680 g/mol. The van der Waals surface area contributed by atoms with Crippen molar-refractivity contribution >= 4 is 21.7 Å². The molecule has 242 valence electrons. The summed E-state index contributed by atoms with van der Waals surface area (Å²) in [5.41, 5.74) is 18.9. The van der Waals surface area contributed by atoms with Crippen LogP contribution < -0.4 is 0 Å². The van der Waals surface area contributed by atoms with Crippen LogP contribution in [0, 0.1) is 0 Å². The number of pyridine rings is 2. The lowest BCUT2D eigenvalue weighted by Gasteiger charge is -2.30. The van der Waals surface area contributed by atoms with Crippen molar-refractivity contribution in [2.75, 3.05) is 0 Å². The van der Waals surface area contributed by atoms with Crippen molar-refractivity contribution in [3.63, 3.8) is 0 Å². The van der Waals surface area contributed by atoms with Gasteiger partial charge in [-0.1, -0.05) is 151 Å². The van der Waals surface area contributed by atoms with Crippen molar-refractivity contribution in [1.29, 1.82) is 0 Å². The fourth-order valence-electron chi connectivity index (χ4n) is 8.55. The van der Waals surface area contributed by atoms with Gasteiger partial charge in [0.2, 0.25) is 0 Å². The SMILES string of the molecule is c1cncc(-c2ccc(-c3ccc(-c4nc5ccc(-c6ccc7c(c6)C6(c8ccccc8-c8ccccc86)c6ccccc6-7)nc5s4)cc3)cc2)c1. The topological polar surface area (TPSA) is 38.7 Å². The molecule has 0 radical (unpaired) electrons. The number of benzene rings is 6. The van der Waals surface area contributed by atoms with E-state index >= 15 is 0 Å². The molecule has 4 heteroatoms. The third-order valence-electron chi connectivity index (χ3n) is 10.9. The molecule has 3 nitrogen and oxygen atoms in total. The molecule has 11 rings (SSSR count). The van der Waals surface area contributed by atoms with Crippen LogP contribution in [0.3, 0.4) is 0 Å². The van der Waals surface area contributed by atoms with Gasteiger partial charge in [-0.2, -0.15) is 0 Å². The number of nitrogens with zero attached hydrogens (tertiary/aromatic N) is 3. The molecular formula is C48H29N3S. The monoisotopic (exact) mass is 679 g/mol. The van der Waals surface area contributed by atoms with Gasteiger partial charge in [-0.25, -0.2) is 9.97 Å². The molecule has 52 heavy (non-hydrogen) atoms. The third-order valence-corrected chi connectivity index (χ3v) is 11.9. The zero-order valence-electron chi connectivity index (χ0n) is 28.0. The normalized spacial score (nSPS) is 13.2. The van der Waals surface area contributed by atoms with Crippen LogP contribution in [0.4, 0.5) is 0 Å². The average Bonchev–Trinajstić information content (AvgIpc) is 3.88. The Labute approximate surface area is 305 Å². The Balaban J connectivity index is 0.957. The van der Waals surface area contributed by atoms with Crippen LogP contribution in [0.15, 0.2) is 176 Å². The van der Waals surface area contributed by atoms with Gasteiger partial charge in [0, 0.05) is 23.5 Å². The highest BCUT2D eigenvalue weighted by Crippen LogP contribution is 2.63. The van der Waals surface area contributed by atoms with Crippen LogP contribution in [0.2, 0.25) is 0 Å². The van der Waals surface area contributed by atoms with Gasteiger partial charge in [0.15, 0.2) is 0 Å². The Bertz CT molecular complexity index is 2770. The second-order valence-electron chi connectivity index (χ2n) is 13.6. The molecule has 0 saturated heterocycles. The van der Waals surface area contributed by atoms with E-state index in [1.54, 1.807) is 17.5 Å². The van der Waals surface area contributed by atoms with Crippen molar-refractivity contribution in [2.24, 2.45) is 0 Å². The van der Waals surface area contributed by atoms with Gasteiger partial charge >= 0.3 is 0 Å². The molecule has 2 aliphatic rings. The van der Waals surface area contributed by atoms with Gasteiger partial charge in [0.1, 0.15) is 15.4 Å². The first-order valence-electron chi connectivity index (χ1n) is 17.6. The molecule has 0 saturated carbocycles. The largest absolute Gasteiger partial charge is 0.264 e. The van der Waals surface area contributed by atoms with Crippen LogP contribution in [-0.2, 0) is 5.41 Å². The number of aromatic nitrogens is 3. The van der Waals surface area contributed by atoms with E-state index in [1.165, 1.54) is 55.6 Å². The molecule has 0 N–H and O–H groups in total. The minimum absolute atomic E-state index is 0.371. The van der Waals surface area contributed by atoms with Crippen LogP contribution in [0.25, 0.3) is 76.7 Å². The Hall–Kier alpha value is -6.49. The van der Waals surface area contributed by atoms with E-state index in [1.807, 2.05) is 12.3 Å². The van der Waals surface area contributed by atoms with Gasteiger partial charge in [-0.3, -0.25) is 4.98 Å². The maximum Gasteiger partial charge on any atom is 0.144 e. The number of thiazole rings is 1. The van der Waals surface area contributed by atoms with Crippen molar-refractivity contribution < 1.29 is 0 Å². The maximum absolute atomic E-state index is 5.22. The fourth-order valence-corrected chi connectivity index (χ4v) is 9.49. The Morgan fingerprint density at radius 2 is 0.942 bits per heavy atom. The van der Waals surface area contributed by atoms with E-state index in [0.29, 0.717) is 0 Å². The summed E-state index contributed by atoms with van der Waals surface area (Å²) in [6, 6.07) is 59.4. The van der Waals surface area contributed by atoms with E-state index in [-0.39, 0.29) is 5.41 Å². The lowest BCUT2D eigenvalue weighted by atomic mass is 9.70. The molecule has 0 amide bonds. The minimum Gasteiger partial charge on any atom is -0.264 e. The predicted octanol–water partition coefficient (Wildman–Crippen LogP) is 12.1. The predicted molar refractivity (Wildman–Crippen MR) is 213 cm³/mol. The second kappa shape index (κ2) is 11.3. The molecule has 6 aromatic carbocycles. The van der Waals surface area contributed by atoms with Gasteiger partial charge in [-0.05, 0) is 91.0 Å². The zero-order chi connectivity index (χ0) is 34.2. The number of rotatable bonds is 4. The minimum atomic E-state index is -0.371. The molecule has 0 unspecified atom stereocenters. The van der Waals surface area contributed by atoms with E-state index in [4.69, 9.17) is 9.97 Å². The van der Waals surface area contributed by atoms with Crippen molar-refractivity contribution in [3.05, 3.63) is 198 Å². The summed E-state index contributed by atoms with van der Waals surface area (Å²) >= 11 is 1.65. The summed E-state index contributed by atoms with van der Waals surface area (Å²) in [5.74, 6) is 0. The van der Waals surface area contributed by atoms with Crippen LogP contribution in [0.1, 0.15) is 22.3 Å². The van der Waals surface area contributed by atoms with Gasteiger partial charge in [0.25, 0.3) is 0 Å². The highest BCUT2D eigenvalue weighted by Gasteiger charge is 2.51. The number of fused-ring (bicyclic) bond motifs is 11. The third kappa shape index (κ3) is 4.22. The molecule has 1 spiro atoms. The Morgan fingerprint density at radius 3 is 1.54 bits per heavy atom. The first-order valence-corrected chi connectivity index (χ1v) is 18.4. The Morgan fingerprint density at radius 1 is 0.404 bits per heavy atom. The molecule has 0 bridgehead atoms. The fraction of sp³-hybridized carbons (Fsp3) is 0.0208. The van der Waals surface area contributed by atoms with E-state index in [0.717, 1.165) is 43.3 Å². The summed E-state index contributed by atoms with van der Waals surface area (Å²) in [5, 5.41) is 0.973. The van der Waals surface area contributed by atoms with Crippen molar-refractivity contribution in [2.45, 2.75) is 5.41 Å². The van der Waals surface area contributed by atoms with Gasteiger partial charge < -0.3 is 0 Å². The summed E-state index contributed by atoms with van der Waals surface area (Å²) in [4.78, 5) is 15.4. The van der Waals surface area contributed by atoms with Gasteiger partial charge in [0.05, 0.1) is 11.1 Å². The molecular weight excluding hydrogens is 651 g/mol. The molecule has 0 atom stereocenters. The zero-order valence-corrected chi connectivity index (χ0v) is 28.8. The number of hydrogen-bond acceptors (Lipinski definition) is 4. The highest BCUT2D eigenvalue weighted by atomic mass is 32.1. The lowest BCUT2D eigenvalue weighted by Crippen LogP contribution is -2.25. The van der Waals surface area contributed by atoms with Crippen molar-refractivity contribution in [3.8, 4) is 66.3 Å². The van der Waals surface area contributed by atoms with E-state index < -0.39 is 0 Å². The quantitative estimate of drug-likeness (QED) is 0.186.